The van der Waals surface area contributed by atoms with Crippen LogP contribution in [-0.2, 0) is 0 Å². The molecule has 0 radical (unpaired) electrons. The fourth-order valence-electron chi connectivity index (χ4n) is 1.77. The highest BCUT2D eigenvalue weighted by Crippen LogP contribution is 2.11. The largest absolute Gasteiger partial charge is 0.373 e. The van der Waals surface area contributed by atoms with E-state index in [1.807, 2.05) is 26.0 Å². The number of aryl methyl sites for hydroxylation is 2. The van der Waals surface area contributed by atoms with Crippen molar-refractivity contribution in [2.24, 2.45) is 0 Å². The number of aromatic nitrogens is 2. The van der Waals surface area contributed by atoms with E-state index >= 15 is 0 Å². The molecule has 2 rings (SSSR count). The summed E-state index contributed by atoms with van der Waals surface area (Å²) in [7, 11) is 1.78. The maximum atomic E-state index is 12.0. The molecular weight excluding hydrogens is 240 g/mol. The quantitative estimate of drug-likeness (QED) is 0.884. The highest BCUT2D eigenvalue weighted by atomic mass is 16.1. The Labute approximate surface area is 112 Å². The molecule has 2 N–H and O–H groups in total. The molecule has 0 aliphatic carbocycles. The number of nitrogens with zero attached hydrogens (tertiary/aromatic N) is 2. The molecule has 19 heavy (non-hydrogen) atoms. The Kier molecular flexibility index (Phi) is 3.75. The minimum absolute atomic E-state index is 0.215. The van der Waals surface area contributed by atoms with Crippen molar-refractivity contribution in [2.45, 2.75) is 13.8 Å². The number of hydrogen-bond acceptors (Lipinski definition) is 4. The van der Waals surface area contributed by atoms with Crippen LogP contribution in [-0.4, -0.2) is 22.9 Å². The Morgan fingerprint density at radius 3 is 2.53 bits per heavy atom. The van der Waals surface area contributed by atoms with Gasteiger partial charge in [0.05, 0.1) is 5.56 Å². The van der Waals surface area contributed by atoms with E-state index < -0.39 is 0 Å². The smallest absolute Gasteiger partial charge is 0.258 e. The number of anilines is 2. The number of carbonyl (C=O) groups excluding carboxylic acids is 1. The van der Waals surface area contributed by atoms with Gasteiger partial charge in [-0.05, 0) is 43.7 Å². The van der Waals surface area contributed by atoms with Crippen molar-refractivity contribution in [1.82, 2.24) is 9.97 Å². The maximum absolute atomic E-state index is 12.0. The van der Waals surface area contributed by atoms with Gasteiger partial charge < -0.3 is 10.6 Å². The summed E-state index contributed by atoms with van der Waals surface area (Å²) in [6.45, 7) is 3.86. The third-order valence-electron chi connectivity index (χ3n) is 2.62. The van der Waals surface area contributed by atoms with Crippen LogP contribution in [0.25, 0.3) is 0 Å². The van der Waals surface area contributed by atoms with E-state index in [1.165, 1.54) is 6.20 Å². The van der Waals surface area contributed by atoms with Crippen LogP contribution in [0.2, 0.25) is 0 Å². The lowest BCUT2D eigenvalue weighted by atomic mass is 10.2. The molecule has 0 aromatic carbocycles. The van der Waals surface area contributed by atoms with Gasteiger partial charge in [0.2, 0.25) is 0 Å². The summed E-state index contributed by atoms with van der Waals surface area (Å²) in [6.07, 6.45) is 1.53. The van der Waals surface area contributed by atoms with E-state index in [2.05, 4.69) is 20.6 Å². The van der Waals surface area contributed by atoms with Crippen LogP contribution in [0, 0.1) is 13.8 Å². The van der Waals surface area contributed by atoms with Gasteiger partial charge in [-0.3, -0.25) is 4.79 Å². The van der Waals surface area contributed by atoms with Gasteiger partial charge in [0, 0.05) is 18.9 Å². The normalized spacial score (nSPS) is 10.1. The molecule has 0 aliphatic rings. The first-order chi connectivity index (χ1) is 9.08. The zero-order valence-electron chi connectivity index (χ0n) is 11.2. The average Bonchev–Trinajstić information content (AvgIpc) is 2.37. The summed E-state index contributed by atoms with van der Waals surface area (Å²) in [5.41, 5.74) is 2.44. The zero-order chi connectivity index (χ0) is 13.8. The van der Waals surface area contributed by atoms with Crippen LogP contribution in [0.15, 0.2) is 30.5 Å². The third kappa shape index (κ3) is 3.28. The number of amides is 1. The van der Waals surface area contributed by atoms with E-state index in [9.17, 15) is 4.79 Å². The van der Waals surface area contributed by atoms with Gasteiger partial charge in [0.1, 0.15) is 11.6 Å². The van der Waals surface area contributed by atoms with E-state index in [0.717, 1.165) is 17.1 Å². The van der Waals surface area contributed by atoms with Crippen LogP contribution in [0.3, 0.4) is 0 Å². The first-order valence-electron chi connectivity index (χ1n) is 5.99. The highest BCUT2D eigenvalue weighted by Gasteiger charge is 2.08. The summed E-state index contributed by atoms with van der Waals surface area (Å²) >= 11 is 0. The SMILES string of the molecule is CNc1ccc(C(=O)Nc2cc(C)cc(C)n2)cn1. The number of carbonyl (C=O) groups is 1. The van der Waals surface area contributed by atoms with Gasteiger partial charge >= 0.3 is 0 Å². The third-order valence-corrected chi connectivity index (χ3v) is 2.62. The summed E-state index contributed by atoms with van der Waals surface area (Å²) in [5.74, 6) is 1.06. The topological polar surface area (TPSA) is 66.9 Å². The summed E-state index contributed by atoms with van der Waals surface area (Å²) in [6, 6.07) is 7.26. The van der Waals surface area contributed by atoms with Crippen molar-refractivity contribution in [3.8, 4) is 0 Å². The fraction of sp³-hybridized carbons (Fsp3) is 0.214. The molecule has 0 fully saturated rings. The van der Waals surface area contributed by atoms with Gasteiger partial charge in [0.15, 0.2) is 0 Å². The van der Waals surface area contributed by atoms with Crippen molar-refractivity contribution < 1.29 is 4.79 Å². The van der Waals surface area contributed by atoms with Crippen LogP contribution in [0.4, 0.5) is 11.6 Å². The van der Waals surface area contributed by atoms with E-state index in [4.69, 9.17) is 0 Å². The molecule has 0 bridgehead atoms. The Hall–Kier alpha value is -2.43. The van der Waals surface area contributed by atoms with E-state index in [-0.39, 0.29) is 5.91 Å². The maximum Gasteiger partial charge on any atom is 0.258 e. The highest BCUT2D eigenvalue weighted by molar-refractivity contribution is 6.03. The summed E-state index contributed by atoms with van der Waals surface area (Å²) in [5, 5.41) is 5.67. The molecule has 2 aromatic heterocycles. The van der Waals surface area contributed by atoms with Crippen LogP contribution >= 0.6 is 0 Å². The second kappa shape index (κ2) is 5.48. The van der Waals surface area contributed by atoms with Gasteiger partial charge in [-0.25, -0.2) is 9.97 Å². The summed E-state index contributed by atoms with van der Waals surface area (Å²) < 4.78 is 0. The molecule has 0 saturated carbocycles. The van der Waals surface area contributed by atoms with Gasteiger partial charge in [-0.15, -0.1) is 0 Å². The van der Waals surface area contributed by atoms with Crippen molar-refractivity contribution in [3.05, 3.63) is 47.3 Å². The Morgan fingerprint density at radius 1 is 1.16 bits per heavy atom. The molecule has 5 heteroatoms. The number of pyridine rings is 2. The van der Waals surface area contributed by atoms with Crippen LogP contribution < -0.4 is 10.6 Å². The standard InChI is InChI=1S/C14H16N4O/c1-9-6-10(2)17-13(7-9)18-14(19)11-4-5-12(15-3)16-8-11/h4-8H,1-3H3,(H,15,16)(H,17,18,19). The van der Waals surface area contributed by atoms with E-state index in [1.54, 1.807) is 19.2 Å². The van der Waals surface area contributed by atoms with Gasteiger partial charge in [0.25, 0.3) is 5.91 Å². The van der Waals surface area contributed by atoms with Gasteiger partial charge in [-0.1, -0.05) is 0 Å². The lowest BCUT2D eigenvalue weighted by molar-refractivity contribution is 0.102. The average molecular weight is 256 g/mol. The predicted octanol–water partition coefficient (Wildman–Crippen LogP) is 2.39. The van der Waals surface area contributed by atoms with Crippen LogP contribution in [0.5, 0.6) is 0 Å². The lowest BCUT2D eigenvalue weighted by Gasteiger charge is -2.07. The van der Waals surface area contributed by atoms with Crippen molar-refractivity contribution in [2.75, 3.05) is 17.7 Å². The van der Waals surface area contributed by atoms with Crippen molar-refractivity contribution in [3.63, 3.8) is 0 Å². The predicted molar refractivity (Wildman–Crippen MR) is 75.4 cm³/mol. The zero-order valence-corrected chi connectivity index (χ0v) is 11.2. The molecular formula is C14H16N4O. The lowest BCUT2D eigenvalue weighted by Crippen LogP contribution is -2.13. The molecule has 98 valence electrons. The van der Waals surface area contributed by atoms with Gasteiger partial charge in [-0.2, -0.15) is 0 Å². The second-order valence-corrected chi connectivity index (χ2v) is 4.31. The Bertz CT molecular complexity index is 573. The van der Waals surface area contributed by atoms with Crippen molar-refractivity contribution >= 4 is 17.5 Å². The molecule has 0 saturated heterocycles. The van der Waals surface area contributed by atoms with Crippen molar-refractivity contribution in [1.29, 1.82) is 0 Å². The minimum Gasteiger partial charge on any atom is -0.373 e. The van der Waals surface area contributed by atoms with Crippen LogP contribution in [0.1, 0.15) is 21.6 Å². The molecule has 2 aromatic rings. The number of hydrogen-bond donors (Lipinski definition) is 2. The molecule has 0 atom stereocenters. The summed E-state index contributed by atoms with van der Waals surface area (Å²) in [4.78, 5) is 20.4. The molecule has 1 amide bonds. The molecule has 5 nitrogen and oxygen atoms in total. The second-order valence-electron chi connectivity index (χ2n) is 4.31. The number of nitrogens with one attached hydrogen (secondary N) is 2. The minimum atomic E-state index is -0.215. The molecule has 2 heterocycles. The fourth-order valence-corrected chi connectivity index (χ4v) is 1.77. The molecule has 0 aliphatic heterocycles. The monoisotopic (exact) mass is 256 g/mol. The first-order valence-corrected chi connectivity index (χ1v) is 5.99. The Balaban J connectivity index is 2.15. The number of rotatable bonds is 3. The molecule has 0 unspecified atom stereocenters. The Morgan fingerprint density at radius 2 is 1.95 bits per heavy atom. The first kappa shape index (κ1) is 13.0. The molecule has 0 spiro atoms. The van der Waals surface area contributed by atoms with E-state index in [0.29, 0.717) is 11.4 Å².